The number of rotatable bonds is 9. The van der Waals surface area contributed by atoms with Crippen molar-refractivity contribution in [3.05, 3.63) is 71.7 Å². The first-order valence-electron chi connectivity index (χ1n) is 13.4. The monoisotopic (exact) mass is 511 g/mol. The molecular weight excluding hydrogens is 478 g/mol. The summed E-state index contributed by atoms with van der Waals surface area (Å²) in [5.74, 6) is 2.20. The van der Waals surface area contributed by atoms with Gasteiger partial charge in [0.15, 0.2) is 5.65 Å². The Kier molecular flexibility index (Phi) is 6.92. The van der Waals surface area contributed by atoms with E-state index >= 15 is 0 Å². The number of fused-ring (bicyclic) bond motifs is 1. The highest BCUT2D eigenvalue weighted by Gasteiger charge is 2.24. The van der Waals surface area contributed by atoms with E-state index in [2.05, 4.69) is 20.9 Å². The van der Waals surface area contributed by atoms with Crippen LogP contribution in [0.4, 0.5) is 11.6 Å². The molecule has 1 amide bonds. The number of nitrogens with one attached hydrogen (secondary N) is 3. The summed E-state index contributed by atoms with van der Waals surface area (Å²) in [6.07, 6.45) is 9.72. The lowest BCUT2D eigenvalue weighted by Gasteiger charge is -2.23. The zero-order chi connectivity index (χ0) is 25.9. The van der Waals surface area contributed by atoms with Crippen molar-refractivity contribution in [1.29, 1.82) is 0 Å². The van der Waals surface area contributed by atoms with Gasteiger partial charge in [-0.1, -0.05) is 18.2 Å². The molecule has 2 fully saturated rings. The number of hydrogen-bond donors (Lipinski definition) is 3. The highest BCUT2D eigenvalue weighted by molar-refractivity contribution is 5.97. The van der Waals surface area contributed by atoms with Crippen molar-refractivity contribution in [2.75, 3.05) is 30.4 Å². The van der Waals surface area contributed by atoms with Crippen molar-refractivity contribution >= 4 is 23.2 Å². The third kappa shape index (κ3) is 5.47. The maximum atomic E-state index is 12.6. The second kappa shape index (κ2) is 10.8. The molecule has 0 unspecified atom stereocenters. The molecule has 9 nitrogen and oxygen atoms in total. The molecule has 4 heterocycles. The van der Waals surface area contributed by atoms with Crippen molar-refractivity contribution in [3.8, 4) is 11.1 Å². The number of benzene rings is 1. The summed E-state index contributed by atoms with van der Waals surface area (Å²) in [5, 5.41) is 14.9. The van der Waals surface area contributed by atoms with Crippen molar-refractivity contribution in [2.45, 2.75) is 45.2 Å². The number of hydrogen-bond acceptors (Lipinski definition) is 7. The normalized spacial score (nSPS) is 15.9. The number of ether oxygens (including phenoxy) is 1. The standard InChI is InChI=1S/C29H33N7O2/c1-19-13-22(4-7-24(19)29(37)34-23-5-6-23)25-18-33-36-27(32-16-20-8-11-38-12-9-20)14-26(35-28(25)36)31-17-21-3-2-10-30-15-21/h2-4,7,10,13-15,18,20,23,32H,5-6,8-9,11-12,16-17H2,1H3,(H,31,35)(H,34,37). The number of anilines is 2. The largest absolute Gasteiger partial charge is 0.381 e. The van der Waals surface area contributed by atoms with Gasteiger partial charge in [-0.3, -0.25) is 9.78 Å². The third-order valence-corrected chi connectivity index (χ3v) is 7.28. The van der Waals surface area contributed by atoms with Crippen LogP contribution in [-0.4, -0.2) is 51.3 Å². The maximum Gasteiger partial charge on any atom is 0.251 e. The second-order valence-electron chi connectivity index (χ2n) is 10.2. The molecule has 2 aliphatic rings. The van der Waals surface area contributed by atoms with Crippen molar-refractivity contribution in [2.24, 2.45) is 5.92 Å². The van der Waals surface area contributed by atoms with E-state index in [4.69, 9.17) is 14.8 Å². The lowest BCUT2D eigenvalue weighted by molar-refractivity contribution is 0.0699. The van der Waals surface area contributed by atoms with Crippen LogP contribution in [0, 0.1) is 12.8 Å². The minimum Gasteiger partial charge on any atom is -0.381 e. The second-order valence-corrected chi connectivity index (χ2v) is 10.2. The number of carbonyl (C=O) groups excluding carboxylic acids is 1. The van der Waals surface area contributed by atoms with Crippen LogP contribution in [-0.2, 0) is 11.3 Å². The molecule has 0 spiro atoms. The van der Waals surface area contributed by atoms with E-state index in [1.807, 2.05) is 60.2 Å². The molecular formula is C29H33N7O2. The van der Waals surface area contributed by atoms with E-state index < -0.39 is 0 Å². The minimum atomic E-state index is -0.00368. The lowest BCUT2D eigenvalue weighted by atomic mass is 10.0. The fraction of sp³-hybridized carbons (Fsp3) is 0.379. The molecule has 1 saturated heterocycles. The van der Waals surface area contributed by atoms with E-state index in [0.717, 1.165) is 85.0 Å². The Hall–Kier alpha value is -3.98. The van der Waals surface area contributed by atoms with Crippen LogP contribution in [0.15, 0.2) is 55.0 Å². The first-order chi connectivity index (χ1) is 18.6. The molecule has 1 aliphatic carbocycles. The molecule has 1 aliphatic heterocycles. The van der Waals surface area contributed by atoms with Gasteiger partial charge < -0.3 is 20.7 Å². The topological polar surface area (TPSA) is 105 Å². The quantitative estimate of drug-likeness (QED) is 0.305. The van der Waals surface area contributed by atoms with Crippen molar-refractivity contribution in [1.82, 2.24) is 24.9 Å². The highest BCUT2D eigenvalue weighted by Crippen LogP contribution is 2.29. The van der Waals surface area contributed by atoms with Crippen LogP contribution in [0.3, 0.4) is 0 Å². The Balaban J connectivity index is 1.31. The zero-order valence-electron chi connectivity index (χ0n) is 21.6. The van der Waals surface area contributed by atoms with Gasteiger partial charge in [0.1, 0.15) is 11.6 Å². The predicted octanol–water partition coefficient (Wildman–Crippen LogP) is 4.44. The average Bonchev–Trinajstić information content (AvgIpc) is 3.66. The van der Waals surface area contributed by atoms with Crippen molar-refractivity contribution in [3.63, 3.8) is 0 Å². The molecule has 4 aromatic rings. The fourth-order valence-electron chi connectivity index (χ4n) is 4.85. The summed E-state index contributed by atoms with van der Waals surface area (Å²) < 4.78 is 7.39. The van der Waals surface area contributed by atoms with E-state index in [9.17, 15) is 4.79 Å². The van der Waals surface area contributed by atoms with Crippen LogP contribution in [0.1, 0.15) is 47.2 Å². The Labute approximate surface area is 222 Å². The number of pyridine rings is 1. The van der Waals surface area contributed by atoms with Crippen molar-refractivity contribution < 1.29 is 9.53 Å². The Bertz CT molecular complexity index is 1430. The Morgan fingerprint density at radius 3 is 2.71 bits per heavy atom. The molecule has 3 N–H and O–H groups in total. The van der Waals surface area contributed by atoms with Gasteiger partial charge in [0.25, 0.3) is 5.91 Å². The molecule has 9 heteroatoms. The summed E-state index contributed by atoms with van der Waals surface area (Å²) in [6.45, 7) is 5.07. The summed E-state index contributed by atoms with van der Waals surface area (Å²) in [4.78, 5) is 21.8. The third-order valence-electron chi connectivity index (χ3n) is 7.28. The van der Waals surface area contributed by atoms with Gasteiger partial charge in [-0.15, -0.1) is 0 Å². The first-order valence-corrected chi connectivity index (χ1v) is 13.4. The van der Waals surface area contributed by atoms with Crippen LogP contribution < -0.4 is 16.0 Å². The zero-order valence-corrected chi connectivity index (χ0v) is 21.6. The fourth-order valence-corrected chi connectivity index (χ4v) is 4.85. The number of carbonyl (C=O) groups is 1. The lowest BCUT2D eigenvalue weighted by Crippen LogP contribution is -2.26. The Morgan fingerprint density at radius 2 is 1.95 bits per heavy atom. The number of aromatic nitrogens is 4. The molecule has 3 aromatic heterocycles. The van der Waals surface area contributed by atoms with Crippen LogP contribution in [0.25, 0.3) is 16.8 Å². The predicted molar refractivity (Wildman–Crippen MR) is 147 cm³/mol. The minimum absolute atomic E-state index is 0.00368. The Morgan fingerprint density at radius 1 is 1.08 bits per heavy atom. The van der Waals surface area contributed by atoms with Gasteiger partial charge >= 0.3 is 0 Å². The molecule has 196 valence electrons. The van der Waals surface area contributed by atoms with Gasteiger partial charge in [-0.05, 0) is 67.3 Å². The van der Waals surface area contributed by atoms with Crippen LogP contribution in [0.5, 0.6) is 0 Å². The molecule has 1 aromatic carbocycles. The summed E-state index contributed by atoms with van der Waals surface area (Å²) in [5.41, 5.74) is 5.38. The maximum absolute atomic E-state index is 12.6. The average molecular weight is 512 g/mol. The first kappa shape index (κ1) is 24.4. The molecule has 38 heavy (non-hydrogen) atoms. The van der Waals surface area contributed by atoms with Gasteiger partial charge in [-0.25, -0.2) is 4.98 Å². The summed E-state index contributed by atoms with van der Waals surface area (Å²) in [6, 6.07) is 12.2. The van der Waals surface area contributed by atoms with Gasteiger partial charge in [-0.2, -0.15) is 9.61 Å². The smallest absolute Gasteiger partial charge is 0.251 e. The van der Waals surface area contributed by atoms with Crippen LogP contribution in [0.2, 0.25) is 0 Å². The molecule has 0 radical (unpaired) electrons. The SMILES string of the molecule is Cc1cc(-c2cnn3c(NCC4CCOCC4)cc(NCc4cccnc4)nc23)ccc1C(=O)NC1CC1. The highest BCUT2D eigenvalue weighted by atomic mass is 16.5. The number of aryl methyl sites for hydroxylation is 1. The van der Waals surface area contributed by atoms with E-state index in [0.29, 0.717) is 24.1 Å². The van der Waals surface area contributed by atoms with Gasteiger partial charge in [0.2, 0.25) is 0 Å². The number of nitrogens with zero attached hydrogens (tertiary/aromatic N) is 4. The van der Waals surface area contributed by atoms with E-state index in [1.54, 1.807) is 6.20 Å². The number of amides is 1. The van der Waals surface area contributed by atoms with Gasteiger partial charge in [0.05, 0.1) is 6.20 Å². The van der Waals surface area contributed by atoms with E-state index in [-0.39, 0.29) is 5.91 Å². The molecule has 6 rings (SSSR count). The summed E-state index contributed by atoms with van der Waals surface area (Å²) in [7, 11) is 0. The van der Waals surface area contributed by atoms with E-state index in [1.165, 1.54) is 0 Å². The van der Waals surface area contributed by atoms with Crippen LogP contribution >= 0.6 is 0 Å². The molecule has 0 atom stereocenters. The molecule has 0 bridgehead atoms. The summed E-state index contributed by atoms with van der Waals surface area (Å²) >= 11 is 0. The molecule has 1 saturated carbocycles. The van der Waals surface area contributed by atoms with Gasteiger partial charge in [0, 0.05) is 61.9 Å².